The van der Waals surface area contributed by atoms with Crippen LogP contribution in [0.15, 0.2) is 12.3 Å². The van der Waals surface area contributed by atoms with Crippen LogP contribution in [-0.4, -0.2) is 35.5 Å². The number of hydrogen-bond donors (Lipinski definition) is 1. The number of aldehydes is 1. The molecule has 0 saturated carbocycles. The van der Waals surface area contributed by atoms with Gasteiger partial charge < -0.3 is 15.0 Å². The lowest BCUT2D eigenvalue weighted by atomic mass is 9.83. The summed E-state index contributed by atoms with van der Waals surface area (Å²) in [7, 11) is -0.696. The monoisotopic (exact) mass is 276 g/mol. The van der Waals surface area contributed by atoms with E-state index in [9.17, 15) is 9.59 Å². The molecule has 20 heavy (non-hydrogen) atoms. The molecular formula is C13H17BN2O4. The number of nitrogens with zero attached hydrogens (tertiary/aromatic N) is 1. The molecule has 0 atom stereocenters. The van der Waals surface area contributed by atoms with Gasteiger partial charge in [-0.3, -0.25) is 14.6 Å². The number of nitrogens with two attached hydrogens (primary N) is 1. The molecule has 2 N–H and O–H groups in total. The fraction of sp³-hybridized carbons (Fsp3) is 0.462. The number of hydrogen-bond acceptors (Lipinski definition) is 5. The first-order chi connectivity index (χ1) is 9.18. The van der Waals surface area contributed by atoms with E-state index in [0.717, 1.165) is 0 Å². The van der Waals surface area contributed by atoms with Crippen LogP contribution in [0, 0.1) is 0 Å². The van der Waals surface area contributed by atoms with Crippen LogP contribution in [-0.2, 0) is 9.31 Å². The number of carbonyl (C=O) groups excluding carboxylic acids is 2. The van der Waals surface area contributed by atoms with Gasteiger partial charge in [0, 0.05) is 11.8 Å². The van der Waals surface area contributed by atoms with Gasteiger partial charge in [-0.1, -0.05) is 0 Å². The lowest BCUT2D eigenvalue weighted by molar-refractivity contribution is 0.00578. The van der Waals surface area contributed by atoms with Crippen LogP contribution in [0.5, 0.6) is 0 Å². The van der Waals surface area contributed by atoms with Crippen LogP contribution in [0.25, 0.3) is 0 Å². The summed E-state index contributed by atoms with van der Waals surface area (Å²) in [5.74, 6) is -0.688. The summed E-state index contributed by atoms with van der Waals surface area (Å²) in [5.41, 5.74) is 4.93. The van der Waals surface area contributed by atoms with Crippen molar-refractivity contribution in [2.45, 2.75) is 38.9 Å². The van der Waals surface area contributed by atoms with Crippen molar-refractivity contribution in [2.75, 3.05) is 0 Å². The van der Waals surface area contributed by atoms with Gasteiger partial charge in [0.2, 0.25) is 5.91 Å². The van der Waals surface area contributed by atoms with E-state index in [1.165, 1.54) is 12.3 Å². The average Bonchev–Trinajstić information content (AvgIpc) is 2.57. The highest BCUT2D eigenvalue weighted by Crippen LogP contribution is 2.36. The Morgan fingerprint density at radius 1 is 1.30 bits per heavy atom. The Morgan fingerprint density at radius 3 is 2.30 bits per heavy atom. The first-order valence-corrected chi connectivity index (χ1v) is 6.28. The largest absolute Gasteiger partial charge is 0.514 e. The van der Waals surface area contributed by atoms with Gasteiger partial charge in [0.1, 0.15) is 0 Å². The SMILES string of the molecule is CC1(C)OB(c2cc(C(N)=O)c(C=O)cn2)OC1(C)C. The highest BCUT2D eigenvalue weighted by atomic mass is 16.7. The van der Waals surface area contributed by atoms with E-state index in [4.69, 9.17) is 15.0 Å². The molecule has 0 spiro atoms. The van der Waals surface area contributed by atoms with Crippen molar-refractivity contribution in [2.24, 2.45) is 5.73 Å². The predicted molar refractivity (Wildman–Crippen MR) is 73.9 cm³/mol. The predicted octanol–water partition coefficient (Wildman–Crippen LogP) is 0.292. The van der Waals surface area contributed by atoms with Crippen molar-refractivity contribution in [1.82, 2.24) is 4.98 Å². The summed E-state index contributed by atoms with van der Waals surface area (Å²) < 4.78 is 11.7. The Kier molecular flexibility index (Phi) is 3.43. The van der Waals surface area contributed by atoms with E-state index >= 15 is 0 Å². The minimum absolute atomic E-state index is 0.111. The number of amides is 1. The lowest BCUT2D eigenvalue weighted by Crippen LogP contribution is -2.41. The zero-order chi connectivity index (χ0) is 15.1. The molecule has 1 aromatic rings. The molecule has 0 radical (unpaired) electrons. The van der Waals surface area contributed by atoms with Crippen LogP contribution >= 0.6 is 0 Å². The third kappa shape index (κ3) is 2.34. The van der Waals surface area contributed by atoms with Crippen molar-refractivity contribution in [3.05, 3.63) is 23.4 Å². The van der Waals surface area contributed by atoms with E-state index in [2.05, 4.69) is 4.98 Å². The van der Waals surface area contributed by atoms with Gasteiger partial charge in [-0.2, -0.15) is 0 Å². The zero-order valence-electron chi connectivity index (χ0n) is 12.0. The Hall–Kier alpha value is -1.73. The van der Waals surface area contributed by atoms with E-state index in [0.29, 0.717) is 11.9 Å². The highest BCUT2D eigenvalue weighted by molar-refractivity contribution is 6.61. The second-order valence-corrected chi connectivity index (χ2v) is 5.77. The third-order valence-electron chi connectivity index (χ3n) is 3.84. The molecule has 0 aromatic carbocycles. The van der Waals surface area contributed by atoms with Crippen LogP contribution in [0.4, 0.5) is 0 Å². The number of aromatic nitrogens is 1. The van der Waals surface area contributed by atoms with E-state index < -0.39 is 24.2 Å². The fourth-order valence-electron chi connectivity index (χ4n) is 1.88. The standard InChI is InChI=1S/C13H17BN2O4/c1-12(2)13(3,4)20-14(19-12)10-5-9(11(15)18)8(7-17)6-16-10/h5-7H,1-4H3,(H2,15,18). The lowest BCUT2D eigenvalue weighted by Gasteiger charge is -2.32. The van der Waals surface area contributed by atoms with Crippen molar-refractivity contribution < 1.29 is 18.9 Å². The zero-order valence-corrected chi connectivity index (χ0v) is 12.0. The average molecular weight is 276 g/mol. The summed E-state index contributed by atoms with van der Waals surface area (Å²) in [4.78, 5) is 26.3. The van der Waals surface area contributed by atoms with E-state index in [1.54, 1.807) is 0 Å². The molecule has 0 bridgehead atoms. The molecule has 7 heteroatoms. The van der Waals surface area contributed by atoms with Crippen molar-refractivity contribution in [3.8, 4) is 0 Å². The molecule has 0 unspecified atom stereocenters. The quantitative estimate of drug-likeness (QED) is 0.633. The molecule has 1 aliphatic rings. The van der Waals surface area contributed by atoms with Gasteiger partial charge in [0.15, 0.2) is 6.29 Å². The van der Waals surface area contributed by atoms with E-state index in [-0.39, 0.29) is 11.1 Å². The van der Waals surface area contributed by atoms with Crippen molar-refractivity contribution >= 4 is 24.9 Å². The highest BCUT2D eigenvalue weighted by Gasteiger charge is 2.52. The summed E-state index contributed by atoms with van der Waals surface area (Å²) in [6.07, 6.45) is 1.84. The van der Waals surface area contributed by atoms with Gasteiger partial charge in [0.05, 0.1) is 22.4 Å². The minimum Gasteiger partial charge on any atom is -0.398 e. The number of pyridine rings is 1. The molecule has 1 fully saturated rings. The molecule has 0 aliphatic carbocycles. The van der Waals surface area contributed by atoms with E-state index in [1.807, 2.05) is 27.7 Å². The second kappa shape index (κ2) is 4.68. The topological polar surface area (TPSA) is 91.5 Å². The number of primary amides is 1. The molecule has 1 saturated heterocycles. The van der Waals surface area contributed by atoms with Gasteiger partial charge in [-0.15, -0.1) is 0 Å². The van der Waals surface area contributed by atoms with Crippen molar-refractivity contribution in [1.29, 1.82) is 0 Å². The number of rotatable bonds is 3. The normalized spacial score (nSPS) is 19.9. The van der Waals surface area contributed by atoms with Gasteiger partial charge in [-0.25, -0.2) is 0 Å². The first-order valence-electron chi connectivity index (χ1n) is 6.28. The molecule has 1 aliphatic heterocycles. The van der Waals surface area contributed by atoms with Gasteiger partial charge in [0.25, 0.3) is 0 Å². The summed E-state index contributed by atoms with van der Waals surface area (Å²) in [6, 6.07) is 1.44. The molecule has 6 nitrogen and oxygen atoms in total. The summed E-state index contributed by atoms with van der Waals surface area (Å²) in [5, 5.41) is 0. The Labute approximate surface area is 117 Å². The second-order valence-electron chi connectivity index (χ2n) is 5.77. The maximum Gasteiger partial charge on any atom is 0.514 e. The maximum atomic E-state index is 11.4. The Bertz CT molecular complexity index is 555. The molecule has 1 amide bonds. The number of carbonyl (C=O) groups is 2. The van der Waals surface area contributed by atoms with Crippen molar-refractivity contribution in [3.63, 3.8) is 0 Å². The molecule has 1 aromatic heterocycles. The van der Waals surface area contributed by atoms with Crippen LogP contribution in [0.2, 0.25) is 0 Å². The molecule has 2 heterocycles. The summed E-state index contributed by atoms with van der Waals surface area (Å²) >= 11 is 0. The minimum atomic E-state index is -0.696. The maximum absolute atomic E-state index is 11.4. The van der Waals surface area contributed by atoms with Crippen LogP contribution < -0.4 is 11.3 Å². The van der Waals surface area contributed by atoms with Gasteiger partial charge in [-0.05, 0) is 33.8 Å². The Balaban J connectivity index is 2.39. The van der Waals surface area contributed by atoms with Crippen LogP contribution in [0.1, 0.15) is 48.4 Å². The van der Waals surface area contributed by atoms with Crippen LogP contribution in [0.3, 0.4) is 0 Å². The fourth-order valence-corrected chi connectivity index (χ4v) is 1.88. The Morgan fingerprint density at radius 2 is 1.85 bits per heavy atom. The molecule has 2 rings (SSSR count). The third-order valence-corrected chi connectivity index (χ3v) is 3.84. The van der Waals surface area contributed by atoms with Gasteiger partial charge >= 0.3 is 7.12 Å². The smallest absolute Gasteiger partial charge is 0.398 e. The molecular weight excluding hydrogens is 259 g/mol. The molecule has 106 valence electrons. The first kappa shape index (κ1) is 14.7. The summed E-state index contributed by atoms with van der Waals surface area (Å²) in [6.45, 7) is 7.67.